The zero-order valence-electron chi connectivity index (χ0n) is 11.9. The van der Waals surface area contributed by atoms with E-state index in [-0.39, 0.29) is 12.6 Å². The molecule has 0 radical (unpaired) electrons. The molecule has 0 amide bonds. The Kier molecular flexibility index (Phi) is 6.16. The van der Waals surface area contributed by atoms with E-state index in [4.69, 9.17) is 4.74 Å². The molecule has 1 rings (SSSR count). The maximum Gasteiger partial charge on any atom is 0.118 e. The van der Waals surface area contributed by atoms with Crippen LogP contribution in [0.2, 0.25) is 0 Å². The summed E-state index contributed by atoms with van der Waals surface area (Å²) in [4.78, 5) is 2.22. The highest BCUT2D eigenvalue weighted by atomic mass is 16.5. The van der Waals surface area contributed by atoms with Crippen LogP contribution in [0.4, 0.5) is 0 Å². The molecule has 0 aliphatic carbocycles. The molecule has 0 fully saturated rings. The van der Waals surface area contributed by atoms with Crippen LogP contribution in [0.25, 0.3) is 0 Å². The molecule has 1 N–H and O–H groups in total. The summed E-state index contributed by atoms with van der Waals surface area (Å²) in [5, 5.41) is 9.59. The third-order valence-electron chi connectivity index (χ3n) is 3.50. The number of hydrogen-bond acceptors (Lipinski definition) is 3. The van der Waals surface area contributed by atoms with Gasteiger partial charge in [0.25, 0.3) is 0 Å². The van der Waals surface area contributed by atoms with Crippen molar-refractivity contribution < 1.29 is 9.84 Å². The van der Waals surface area contributed by atoms with E-state index >= 15 is 0 Å². The van der Waals surface area contributed by atoms with Crippen molar-refractivity contribution in [3.63, 3.8) is 0 Å². The predicted octanol–water partition coefficient (Wildman–Crippen LogP) is 2.71. The van der Waals surface area contributed by atoms with Gasteiger partial charge in [0, 0.05) is 6.54 Å². The average Bonchev–Trinajstić information content (AvgIpc) is 2.40. The van der Waals surface area contributed by atoms with Gasteiger partial charge in [0.2, 0.25) is 0 Å². The number of benzene rings is 1. The third kappa shape index (κ3) is 4.00. The van der Waals surface area contributed by atoms with Gasteiger partial charge in [0.1, 0.15) is 5.75 Å². The standard InChI is InChI=1S/C15H25NO2/c1-5-12(2)10-16(3)15(11-17)13-6-8-14(18-4)9-7-13/h6-9,12,15,17H,5,10-11H2,1-4H3. The molecule has 1 aromatic carbocycles. The van der Waals surface area contributed by atoms with Crippen molar-refractivity contribution in [3.8, 4) is 5.75 Å². The quantitative estimate of drug-likeness (QED) is 0.808. The zero-order valence-corrected chi connectivity index (χ0v) is 11.9. The van der Waals surface area contributed by atoms with Crippen LogP contribution in [-0.2, 0) is 0 Å². The van der Waals surface area contributed by atoms with Crippen LogP contribution in [-0.4, -0.2) is 37.3 Å². The minimum absolute atomic E-state index is 0.0601. The first-order valence-electron chi connectivity index (χ1n) is 6.57. The number of rotatable bonds is 7. The lowest BCUT2D eigenvalue weighted by molar-refractivity contribution is 0.133. The van der Waals surface area contributed by atoms with Crippen molar-refractivity contribution in [1.29, 1.82) is 0 Å². The van der Waals surface area contributed by atoms with E-state index in [2.05, 4.69) is 25.8 Å². The van der Waals surface area contributed by atoms with Crippen molar-refractivity contribution in [2.24, 2.45) is 5.92 Å². The second kappa shape index (κ2) is 7.39. The molecule has 3 nitrogen and oxygen atoms in total. The van der Waals surface area contributed by atoms with Crippen LogP contribution in [0.3, 0.4) is 0 Å². The number of methoxy groups -OCH3 is 1. The van der Waals surface area contributed by atoms with Crippen molar-refractivity contribution >= 4 is 0 Å². The summed E-state index contributed by atoms with van der Waals surface area (Å²) in [6.07, 6.45) is 1.16. The third-order valence-corrected chi connectivity index (χ3v) is 3.50. The summed E-state index contributed by atoms with van der Waals surface area (Å²) in [7, 11) is 3.73. The van der Waals surface area contributed by atoms with Crippen LogP contribution in [0, 0.1) is 5.92 Å². The maximum atomic E-state index is 9.59. The highest BCUT2D eigenvalue weighted by molar-refractivity contribution is 5.29. The van der Waals surface area contributed by atoms with Crippen molar-refractivity contribution in [3.05, 3.63) is 29.8 Å². The number of aliphatic hydroxyl groups excluding tert-OH is 1. The lowest BCUT2D eigenvalue weighted by Crippen LogP contribution is -2.31. The second-order valence-electron chi connectivity index (χ2n) is 4.92. The number of nitrogens with zero attached hydrogens (tertiary/aromatic N) is 1. The Morgan fingerprint density at radius 1 is 1.28 bits per heavy atom. The maximum absolute atomic E-state index is 9.59. The second-order valence-corrected chi connectivity index (χ2v) is 4.92. The van der Waals surface area contributed by atoms with Gasteiger partial charge in [-0.3, -0.25) is 4.90 Å². The van der Waals surface area contributed by atoms with Crippen LogP contribution < -0.4 is 4.74 Å². The van der Waals surface area contributed by atoms with Crippen LogP contribution >= 0.6 is 0 Å². The first kappa shape index (κ1) is 15.0. The molecule has 0 aliphatic heterocycles. The van der Waals surface area contributed by atoms with Gasteiger partial charge in [-0.15, -0.1) is 0 Å². The van der Waals surface area contributed by atoms with Crippen molar-refractivity contribution in [1.82, 2.24) is 4.90 Å². The molecule has 0 aliphatic rings. The average molecular weight is 251 g/mol. The molecule has 0 bridgehead atoms. The normalized spacial score (nSPS) is 14.6. The Morgan fingerprint density at radius 3 is 2.33 bits per heavy atom. The van der Waals surface area contributed by atoms with Gasteiger partial charge in [-0.2, -0.15) is 0 Å². The molecule has 3 heteroatoms. The molecular formula is C15H25NO2. The van der Waals surface area contributed by atoms with E-state index in [0.717, 1.165) is 24.3 Å². The fraction of sp³-hybridized carbons (Fsp3) is 0.600. The first-order valence-corrected chi connectivity index (χ1v) is 6.57. The van der Waals surface area contributed by atoms with Crippen molar-refractivity contribution in [2.75, 3.05) is 27.3 Å². The predicted molar refractivity (Wildman–Crippen MR) is 74.9 cm³/mol. The van der Waals surface area contributed by atoms with Crippen LogP contribution in [0.15, 0.2) is 24.3 Å². The Morgan fingerprint density at radius 2 is 1.89 bits per heavy atom. The molecule has 0 heterocycles. The van der Waals surface area contributed by atoms with Crippen LogP contribution in [0.5, 0.6) is 5.75 Å². The topological polar surface area (TPSA) is 32.7 Å². The highest BCUT2D eigenvalue weighted by Crippen LogP contribution is 2.22. The van der Waals surface area contributed by atoms with E-state index < -0.39 is 0 Å². The summed E-state index contributed by atoms with van der Waals surface area (Å²) >= 11 is 0. The summed E-state index contributed by atoms with van der Waals surface area (Å²) in [5.74, 6) is 1.49. The summed E-state index contributed by atoms with van der Waals surface area (Å²) < 4.78 is 5.15. The summed E-state index contributed by atoms with van der Waals surface area (Å²) in [5.41, 5.74) is 1.13. The molecule has 2 atom stereocenters. The molecule has 0 saturated carbocycles. The monoisotopic (exact) mass is 251 g/mol. The Hall–Kier alpha value is -1.06. The van der Waals surface area contributed by atoms with E-state index in [0.29, 0.717) is 5.92 Å². The molecule has 2 unspecified atom stereocenters. The molecule has 102 valence electrons. The van der Waals surface area contributed by atoms with Crippen molar-refractivity contribution in [2.45, 2.75) is 26.3 Å². The summed E-state index contributed by atoms with van der Waals surface area (Å²) in [6.45, 7) is 5.56. The van der Waals surface area contributed by atoms with Gasteiger partial charge in [0.05, 0.1) is 19.8 Å². The van der Waals surface area contributed by atoms with Gasteiger partial charge in [-0.05, 0) is 30.7 Å². The van der Waals surface area contributed by atoms with E-state index in [1.165, 1.54) is 0 Å². The Balaban J connectivity index is 2.74. The number of hydrogen-bond donors (Lipinski definition) is 1. The van der Waals surface area contributed by atoms with Gasteiger partial charge in [0.15, 0.2) is 0 Å². The lowest BCUT2D eigenvalue weighted by Gasteiger charge is -2.29. The zero-order chi connectivity index (χ0) is 13.5. The Bertz CT molecular complexity index is 337. The fourth-order valence-corrected chi connectivity index (χ4v) is 2.07. The van der Waals surface area contributed by atoms with E-state index in [1.807, 2.05) is 24.3 Å². The lowest BCUT2D eigenvalue weighted by atomic mass is 10.0. The van der Waals surface area contributed by atoms with Gasteiger partial charge >= 0.3 is 0 Å². The molecule has 0 aromatic heterocycles. The van der Waals surface area contributed by atoms with E-state index in [9.17, 15) is 5.11 Å². The van der Waals surface area contributed by atoms with Gasteiger partial charge in [-0.1, -0.05) is 32.4 Å². The largest absolute Gasteiger partial charge is 0.497 e. The number of ether oxygens (including phenoxy) is 1. The molecule has 1 aromatic rings. The minimum atomic E-state index is 0.0601. The smallest absolute Gasteiger partial charge is 0.118 e. The fourth-order valence-electron chi connectivity index (χ4n) is 2.07. The minimum Gasteiger partial charge on any atom is -0.497 e. The summed E-state index contributed by atoms with van der Waals surface area (Å²) in [6, 6.07) is 7.98. The molecular weight excluding hydrogens is 226 g/mol. The van der Waals surface area contributed by atoms with E-state index in [1.54, 1.807) is 7.11 Å². The Labute approximate surface area is 110 Å². The first-order chi connectivity index (χ1) is 8.62. The molecule has 0 saturated heterocycles. The van der Waals surface area contributed by atoms with Crippen LogP contribution in [0.1, 0.15) is 31.9 Å². The molecule has 0 spiro atoms. The van der Waals surface area contributed by atoms with Gasteiger partial charge < -0.3 is 9.84 Å². The van der Waals surface area contributed by atoms with Gasteiger partial charge in [-0.25, -0.2) is 0 Å². The number of likely N-dealkylation sites (N-methyl/N-ethyl adjacent to an activating group) is 1. The number of aliphatic hydroxyl groups is 1. The highest BCUT2D eigenvalue weighted by Gasteiger charge is 2.17. The SMILES string of the molecule is CCC(C)CN(C)C(CO)c1ccc(OC)cc1. The molecule has 18 heavy (non-hydrogen) atoms.